The van der Waals surface area contributed by atoms with Crippen LogP contribution in [0.3, 0.4) is 0 Å². The van der Waals surface area contributed by atoms with Crippen molar-refractivity contribution in [3.8, 4) is 11.5 Å². The van der Waals surface area contributed by atoms with E-state index in [0.717, 1.165) is 74.6 Å². The topological polar surface area (TPSA) is 45.7 Å². The highest BCUT2D eigenvalue weighted by Crippen LogP contribution is 2.45. The summed E-state index contributed by atoms with van der Waals surface area (Å²) >= 11 is 0. The van der Waals surface area contributed by atoms with Crippen LogP contribution in [-0.2, 0) is 18.3 Å². The van der Waals surface area contributed by atoms with E-state index in [9.17, 15) is 0 Å². The molecule has 5 nitrogen and oxygen atoms in total. The molecule has 0 fully saturated rings. The highest BCUT2D eigenvalue weighted by molar-refractivity contribution is 6.99. The maximum atomic E-state index is 7.10. The molecule has 0 saturated carbocycles. The number of fused-ring (bicyclic) bond motifs is 7. The highest BCUT2D eigenvalue weighted by atomic mass is 16.4. The van der Waals surface area contributed by atoms with E-state index in [1.807, 2.05) is 0 Å². The number of anilines is 6. The normalized spacial score (nSPS) is 13.3. The van der Waals surface area contributed by atoms with Crippen LogP contribution in [0.25, 0.3) is 33.4 Å². The van der Waals surface area contributed by atoms with Crippen molar-refractivity contribution in [1.29, 1.82) is 0 Å². The van der Waals surface area contributed by atoms with Crippen molar-refractivity contribution in [3.05, 3.63) is 144 Å². The lowest BCUT2D eigenvalue weighted by Gasteiger charge is -2.41. The third-order valence-electron chi connectivity index (χ3n) is 12.3. The number of oxazole rings is 1. The Hall–Kier alpha value is -6.01. The first kappa shape index (κ1) is 36.3. The van der Waals surface area contributed by atoms with E-state index in [2.05, 4.69) is 173 Å². The monoisotopic (exact) mass is 759 g/mol. The molecule has 8 aromatic rings. The average molecular weight is 760 g/mol. The van der Waals surface area contributed by atoms with Crippen LogP contribution in [0.2, 0.25) is 0 Å². The minimum atomic E-state index is -0.126. The van der Waals surface area contributed by atoms with Crippen LogP contribution in [0, 0.1) is 6.92 Å². The summed E-state index contributed by atoms with van der Waals surface area (Å²) in [4.78, 5) is 10.3. The summed E-state index contributed by atoms with van der Waals surface area (Å²) in [6, 6.07) is 44.8. The maximum Gasteiger partial charge on any atom is 0.279 e. The molecule has 2 aromatic heterocycles. The van der Waals surface area contributed by atoms with Gasteiger partial charge in [0.15, 0.2) is 0 Å². The number of aromatic nitrogens is 1. The zero-order valence-electron chi connectivity index (χ0n) is 34.5. The van der Waals surface area contributed by atoms with Gasteiger partial charge in [0.05, 0.1) is 5.59 Å². The minimum Gasteiger partial charge on any atom is -0.456 e. The van der Waals surface area contributed by atoms with E-state index in [-0.39, 0.29) is 12.1 Å². The quantitative estimate of drug-likeness (QED) is 0.137. The Balaban J connectivity index is 1.17. The molecule has 4 heterocycles. The number of benzene rings is 6. The first-order chi connectivity index (χ1) is 28.2. The van der Waals surface area contributed by atoms with Crippen molar-refractivity contribution in [2.24, 2.45) is 0 Å². The molecule has 0 N–H and O–H groups in total. The Morgan fingerprint density at radius 2 is 1.26 bits per heavy atom. The molecule has 0 bridgehead atoms. The van der Waals surface area contributed by atoms with Crippen molar-refractivity contribution in [2.75, 3.05) is 9.80 Å². The summed E-state index contributed by atoms with van der Waals surface area (Å²) in [5.41, 5.74) is 17.0. The third kappa shape index (κ3) is 6.04. The fourth-order valence-electron chi connectivity index (χ4n) is 9.14. The number of aryl methyl sites for hydroxylation is 3. The smallest absolute Gasteiger partial charge is 0.279 e. The van der Waals surface area contributed by atoms with Gasteiger partial charge in [0.25, 0.3) is 6.71 Å². The van der Waals surface area contributed by atoms with E-state index in [1.54, 1.807) is 0 Å². The number of rotatable bonds is 9. The Morgan fingerprint density at radius 1 is 0.621 bits per heavy atom. The molecule has 0 amide bonds. The van der Waals surface area contributed by atoms with Gasteiger partial charge in [-0.3, -0.25) is 4.90 Å². The summed E-state index contributed by atoms with van der Waals surface area (Å²) in [6.07, 6.45) is 6.88. The van der Waals surface area contributed by atoms with Crippen LogP contribution < -0.4 is 26.3 Å². The molecule has 10 rings (SSSR count). The van der Waals surface area contributed by atoms with E-state index in [0.29, 0.717) is 5.89 Å². The Labute approximate surface area is 342 Å². The molecule has 6 aromatic carbocycles. The van der Waals surface area contributed by atoms with E-state index >= 15 is 0 Å². The first-order valence-corrected chi connectivity index (χ1v) is 21.2. The Morgan fingerprint density at radius 3 is 1.98 bits per heavy atom. The molecule has 0 spiro atoms. The predicted octanol–water partition coefficient (Wildman–Crippen LogP) is 12.6. The molecule has 0 unspecified atom stereocenters. The summed E-state index contributed by atoms with van der Waals surface area (Å²) in [7, 11) is 0. The first-order valence-electron chi connectivity index (χ1n) is 21.2. The molecule has 2 aliphatic heterocycles. The Bertz CT molecular complexity index is 2820. The second-order valence-corrected chi connectivity index (χ2v) is 17.4. The van der Waals surface area contributed by atoms with Crippen LogP contribution >= 0.6 is 0 Å². The molecular formula is C52H50BN3O2. The lowest BCUT2D eigenvalue weighted by Crippen LogP contribution is -2.61. The number of nitrogens with zero attached hydrogens (tertiary/aromatic N) is 3. The number of furan rings is 1. The second kappa shape index (κ2) is 14.1. The largest absolute Gasteiger partial charge is 0.456 e. The van der Waals surface area contributed by atoms with Gasteiger partial charge in [-0.15, -0.1) is 0 Å². The van der Waals surface area contributed by atoms with Gasteiger partial charge >= 0.3 is 0 Å². The summed E-state index contributed by atoms with van der Waals surface area (Å²) in [5, 5.41) is 2.21. The van der Waals surface area contributed by atoms with Gasteiger partial charge in [0.2, 0.25) is 11.8 Å². The second-order valence-electron chi connectivity index (χ2n) is 17.4. The Kier molecular flexibility index (Phi) is 8.85. The minimum absolute atomic E-state index is 0.0306. The molecular weight excluding hydrogens is 709 g/mol. The fraction of sp³-hybridized carbons (Fsp3) is 0.250. The van der Waals surface area contributed by atoms with Gasteiger partial charge < -0.3 is 13.7 Å². The predicted molar refractivity (Wildman–Crippen MR) is 244 cm³/mol. The van der Waals surface area contributed by atoms with Gasteiger partial charge in [-0.2, -0.15) is 0 Å². The van der Waals surface area contributed by atoms with Crippen LogP contribution in [0.5, 0.6) is 0 Å². The lowest BCUT2D eigenvalue weighted by molar-refractivity contribution is 0.581. The van der Waals surface area contributed by atoms with Gasteiger partial charge in [0.1, 0.15) is 11.2 Å². The van der Waals surface area contributed by atoms with E-state index in [4.69, 9.17) is 13.8 Å². The van der Waals surface area contributed by atoms with E-state index in [1.165, 1.54) is 64.6 Å². The SMILES string of the molecule is CCCCc1ccc(N2c3ccc(C)cc3B3c4nc(-c5ccc6oc7ccc(CCCC)cc7c6c5)oc4N(c4ccc(C(C)(C)C)cc4)c4cccc2c43)cc1. The lowest BCUT2D eigenvalue weighted by atomic mass is 9.35. The molecule has 2 aliphatic rings. The van der Waals surface area contributed by atoms with Crippen molar-refractivity contribution < 1.29 is 8.83 Å². The van der Waals surface area contributed by atoms with Crippen molar-refractivity contribution in [1.82, 2.24) is 4.98 Å². The van der Waals surface area contributed by atoms with Crippen molar-refractivity contribution >= 4 is 79.5 Å². The third-order valence-corrected chi connectivity index (χ3v) is 12.3. The van der Waals surface area contributed by atoms with Gasteiger partial charge in [0, 0.05) is 44.8 Å². The standard InChI is InChI=1S/C52H50BN3O2/c1-7-9-12-34-17-23-38(24-18-34)55-43-27-16-33(3)30-42(43)53-48-44(55)14-11-15-45(48)56(39-25-21-37(22-26-39)52(4,5)6)51-49(53)54-50(58-51)36-20-29-47-41(32-36)40-31-35(13-10-8-2)19-28-46(40)57-47/h11,14-32H,7-10,12-13H2,1-6H3. The molecule has 6 heteroatoms. The van der Waals surface area contributed by atoms with Crippen LogP contribution in [-0.4, -0.2) is 11.7 Å². The highest BCUT2D eigenvalue weighted by Gasteiger charge is 2.46. The van der Waals surface area contributed by atoms with Gasteiger partial charge in [-0.05, 0) is 138 Å². The summed E-state index contributed by atoms with van der Waals surface area (Å²) < 4.78 is 13.4. The number of hydrogen-bond donors (Lipinski definition) is 0. The molecule has 0 atom stereocenters. The van der Waals surface area contributed by atoms with Gasteiger partial charge in [-0.25, -0.2) is 4.98 Å². The number of unbranched alkanes of at least 4 members (excludes halogenated alkanes) is 2. The molecule has 0 saturated heterocycles. The van der Waals surface area contributed by atoms with Crippen molar-refractivity contribution in [2.45, 2.75) is 85.5 Å². The van der Waals surface area contributed by atoms with E-state index < -0.39 is 0 Å². The average Bonchev–Trinajstić information content (AvgIpc) is 3.84. The molecule has 288 valence electrons. The zero-order valence-corrected chi connectivity index (χ0v) is 34.5. The molecule has 0 aliphatic carbocycles. The maximum absolute atomic E-state index is 7.10. The van der Waals surface area contributed by atoms with Crippen LogP contribution in [0.15, 0.2) is 130 Å². The van der Waals surface area contributed by atoms with Gasteiger partial charge in [-0.1, -0.05) is 102 Å². The van der Waals surface area contributed by atoms with Crippen LogP contribution in [0.1, 0.15) is 82.6 Å². The summed E-state index contributed by atoms with van der Waals surface area (Å²) in [5.74, 6) is 1.36. The zero-order chi connectivity index (χ0) is 39.7. The number of hydrogen-bond acceptors (Lipinski definition) is 5. The molecule has 0 radical (unpaired) electrons. The fourth-order valence-corrected chi connectivity index (χ4v) is 9.14. The van der Waals surface area contributed by atoms with Crippen LogP contribution in [0.4, 0.5) is 34.3 Å². The van der Waals surface area contributed by atoms with Crippen molar-refractivity contribution in [3.63, 3.8) is 0 Å². The summed E-state index contributed by atoms with van der Waals surface area (Å²) in [6.45, 7) is 13.3. The molecule has 58 heavy (non-hydrogen) atoms.